The molecule has 6 heteroatoms. The summed E-state index contributed by atoms with van der Waals surface area (Å²) in [5.41, 5.74) is 1.23. The van der Waals surface area contributed by atoms with Crippen LogP contribution in [0.1, 0.15) is 12.0 Å². The van der Waals surface area contributed by atoms with Gasteiger partial charge in [-0.1, -0.05) is 46.3 Å². The average Bonchev–Trinajstić information content (AvgIpc) is 2.45. The lowest BCUT2D eigenvalue weighted by Crippen LogP contribution is -2.14. The smallest absolute Gasteiger partial charge is 0.241 e. The molecule has 0 aromatic heterocycles. The van der Waals surface area contributed by atoms with Crippen molar-refractivity contribution in [3.63, 3.8) is 0 Å². The molecule has 0 saturated heterocycles. The molecule has 2 N–H and O–H groups in total. The molecule has 0 unspecified atom stereocenters. The van der Waals surface area contributed by atoms with E-state index in [4.69, 9.17) is 9.88 Å². The van der Waals surface area contributed by atoms with Gasteiger partial charge in [-0.05, 0) is 36.6 Å². The molecule has 0 saturated carbocycles. The predicted octanol–water partition coefficient (Wildman–Crippen LogP) is 3.11. The summed E-state index contributed by atoms with van der Waals surface area (Å²) < 4.78 is 29.3. The van der Waals surface area contributed by atoms with Gasteiger partial charge in [0.05, 0.1) is 6.61 Å². The van der Waals surface area contributed by atoms with Crippen LogP contribution in [0.25, 0.3) is 0 Å². The maximum atomic E-state index is 11.5. The molecule has 0 spiro atoms. The van der Waals surface area contributed by atoms with Gasteiger partial charge in [-0.2, -0.15) is 0 Å². The van der Waals surface area contributed by atoms with Crippen LogP contribution in [0, 0.1) is 0 Å². The third-order valence-corrected chi connectivity index (χ3v) is 4.35. The first-order valence-corrected chi connectivity index (χ1v) is 8.80. The first-order valence-electron chi connectivity index (χ1n) is 6.46. The molecule has 0 heterocycles. The number of hydrogen-bond acceptors (Lipinski definition) is 3. The number of rotatable bonds is 6. The fraction of sp³-hybridized carbons (Fsp3) is 0.200. The van der Waals surface area contributed by atoms with Gasteiger partial charge in [0.15, 0.2) is 0 Å². The van der Waals surface area contributed by atoms with Crippen LogP contribution in [-0.4, -0.2) is 15.0 Å². The Labute approximate surface area is 133 Å². The molecule has 2 aromatic rings. The zero-order chi connectivity index (χ0) is 15.3. The van der Waals surface area contributed by atoms with Gasteiger partial charge in [-0.15, -0.1) is 0 Å². The zero-order valence-corrected chi connectivity index (χ0v) is 13.7. The van der Waals surface area contributed by atoms with Crippen LogP contribution >= 0.6 is 15.9 Å². The van der Waals surface area contributed by atoms with Crippen molar-refractivity contribution in [3.8, 4) is 5.75 Å². The Morgan fingerprint density at radius 2 is 1.81 bits per heavy atom. The second-order valence-corrected chi connectivity index (χ2v) is 7.02. The molecular formula is C15H16BrNO3S. The summed E-state index contributed by atoms with van der Waals surface area (Å²) in [5, 5.41) is 5.19. The van der Waals surface area contributed by atoms with Crippen molar-refractivity contribution < 1.29 is 13.2 Å². The van der Waals surface area contributed by atoms with Crippen LogP contribution in [-0.2, 0) is 16.4 Å². The third kappa shape index (κ3) is 4.84. The molecule has 4 nitrogen and oxygen atoms in total. The highest BCUT2D eigenvalue weighted by Crippen LogP contribution is 2.26. The molecule has 112 valence electrons. The highest BCUT2D eigenvalue weighted by molar-refractivity contribution is 9.10. The summed E-state index contributed by atoms with van der Waals surface area (Å²) >= 11 is 3.23. The maximum Gasteiger partial charge on any atom is 0.241 e. The van der Waals surface area contributed by atoms with Crippen LogP contribution in [0.15, 0.2) is 57.9 Å². The summed E-state index contributed by atoms with van der Waals surface area (Å²) in [4.78, 5) is -0.00316. The van der Waals surface area contributed by atoms with E-state index in [2.05, 4.69) is 28.1 Å². The van der Waals surface area contributed by atoms with Gasteiger partial charge < -0.3 is 4.74 Å². The van der Waals surface area contributed by atoms with Crippen molar-refractivity contribution in [2.75, 3.05) is 6.61 Å². The van der Waals surface area contributed by atoms with Gasteiger partial charge in [0.25, 0.3) is 0 Å². The van der Waals surface area contributed by atoms with Crippen LogP contribution in [0.3, 0.4) is 0 Å². The SMILES string of the molecule is NS(=O)(=O)c1cc(Br)ccc1OCCCc1ccccc1. The summed E-state index contributed by atoms with van der Waals surface area (Å²) in [5.74, 6) is 0.286. The normalized spacial score (nSPS) is 11.3. The van der Waals surface area contributed by atoms with Gasteiger partial charge in [-0.3, -0.25) is 0 Å². The van der Waals surface area contributed by atoms with E-state index in [1.165, 1.54) is 11.6 Å². The highest BCUT2D eigenvalue weighted by atomic mass is 79.9. The quantitative estimate of drug-likeness (QED) is 0.795. The van der Waals surface area contributed by atoms with Gasteiger partial charge >= 0.3 is 0 Å². The Bertz CT molecular complexity index is 702. The molecule has 0 aliphatic heterocycles. The van der Waals surface area contributed by atoms with Gasteiger partial charge in [-0.25, -0.2) is 13.6 Å². The van der Waals surface area contributed by atoms with E-state index in [-0.39, 0.29) is 10.6 Å². The molecule has 0 radical (unpaired) electrons. The van der Waals surface area contributed by atoms with E-state index in [0.717, 1.165) is 12.8 Å². The lowest BCUT2D eigenvalue weighted by atomic mass is 10.1. The zero-order valence-electron chi connectivity index (χ0n) is 11.3. The lowest BCUT2D eigenvalue weighted by Gasteiger charge is -2.10. The topological polar surface area (TPSA) is 69.4 Å². The number of ether oxygens (including phenoxy) is 1. The molecule has 2 rings (SSSR count). The summed E-state index contributed by atoms with van der Waals surface area (Å²) in [6.45, 7) is 0.430. The summed E-state index contributed by atoms with van der Waals surface area (Å²) in [6.07, 6.45) is 1.67. The van der Waals surface area contributed by atoms with E-state index in [1.54, 1.807) is 12.1 Å². The molecule has 0 aliphatic carbocycles. The molecule has 0 bridgehead atoms. The molecule has 21 heavy (non-hydrogen) atoms. The van der Waals surface area contributed by atoms with Crippen molar-refractivity contribution >= 4 is 26.0 Å². The van der Waals surface area contributed by atoms with E-state index in [0.29, 0.717) is 11.1 Å². The molecule has 2 aromatic carbocycles. The maximum absolute atomic E-state index is 11.5. The molecule has 0 fully saturated rings. The minimum absolute atomic E-state index is 0.00316. The minimum atomic E-state index is -3.80. The fourth-order valence-corrected chi connectivity index (χ4v) is 3.14. The van der Waals surface area contributed by atoms with Crippen molar-refractivity contribution in [3.05, 3.63) is 58.6 Å². The second kappa shape index (κ2) is 7.06. The van der Waals surface area contributed by atoms with Crippen LogP contribution in [0.4, 0.5) is 0 Å². The average molecular weight is 370 g/mol. The third-order valence-electron chi connectivity index (χ3n) is 2.92. The first-order chi connectivity index (χ1) is 9.97. The summed E-state index contributed by atoms with van der Waals surface area (Å²) in [7, 11) is -3.80. The monoisotopic (exact) mass is 369 g/mol. The molecule has 0 amide bonds. The lowest BCUT2D eigenvalue weighted by molar-refractivity contribution is 0.303. The van der Waals surface area contributed by atoms with Crippen LogP contribution < -0.4 is 9.88 Å². The summed E-state index contributed by atoms with van der Waals surface area (Å²) in [6, 6.07) is 14.8. The number of benzene rings is 2. The largest absolute Gasteiger partial charge is 0.492 e. The Balaban J connectivity index is 1.98. The fourth-order valence-electron chi connectivity index (χ4n) is 1.93. The number of sulfonamides is 1. The van der Waals surface area contributed by atoms with Gasteiger partial charge in [0.2, 0.25) is 10.0 Å². The highest BCUT2D eigenvalue weighted by Gasteiger charge is 2.15. The number of nitrogens with two attached hydrogens (primary N) is 1. The standard InChI is InChI=1S/C15H16BrNO3S/c16-13-8-9-14(15(11-13)21(17,18)19)20-10-4-7-12-5-2-1-3-6-12/h1-3,5-6,8-9,11H,4,7,10H2,(H2,17,18,19). The first kappa shape index (κ1) is 16.0. The predicted molar refractivity (Wildman–Crippen MR) is 85.8 cm³/mol. The van der Waals surface area contributed by atoms with Crippen molar-refractivity contribution in [2.24, 2.45) is 5.14 Å². The van der Waals surface area contributed by atoms with E-state index in [9.17, 15) is 8.42 Å². The van der Waals surface area contributed by atoms with Gasteiger partial charge in [0, 0.05) is 4.47 Å². The van der Waals surface area contributed by atoms with Crippen molar-refractivity contribution in [1.29, 1.82) is 0 Å². The van der Waals surface area contributed by atoms with Gasteiger partial charge in [0.1, 0.15) is 10.6 Å². The van der Waals surface area contributed by atoms with Crippen molar-refractivity contribution in [1.82, 2.24) is 0 Å². The number of primary sulfonamides is 1. The van der Waals surface area contributed by atoms with Crippen molar-refractivity contribution in [2.45, 2.75) is 17.7 Å². The Hall–Kier alpha value is -1.37. The number of aryl methyl sites for hydroxylation is 1. The van der Waals surface area contributed by atoms with Crippen LogP contribution in [0.5, 0.6) is 5.75 Å². The Morgan fingerprint density at radius 1 is 1.10 bits per heavy atom. The second-order valence-electron chi connectivity index (χ2n) is 4.57. The number of hydrogen-bond donors (Lipinski definition) is 1. The Kier molecular flexibility index (Phi) is 5.39. The van der Waals surface area contributed by atoms with E-state index in [1.807, 2.05) is 18.2 Å². The molecular weight excluding hydrogens is 354 g/mol. The number of halogens is 1. The Morgan fingerprint density at radius 3 is 2.48 bits per heavy atom. The van der Waals surface area contributed by atoms with Crippen LogP contribution in [0.2, 0.25) is 0 Å². The van der Waals surface area contributed by atoms with E-state index >= 15 is 0 Å². The molecule has 0 atom stereocenters. The molecule has 0 aliphatic rings. The van der Waals surface area contributed by atoms with E-state index < -0.39 is 10.0 Å². The minimum Gasteiger partial charge on any atom is -0.492 e.